The van der Waals surface area contributed by atoms with Crippen LogP contribution in [0.4, 0.5) is 0 Å². The molecular formula is C16H24N2OS. The van der Waals surface area contributed by atoms with E-state index in [9.17, 15) is 4.79 Å². The maximum Gasteiger partial charge on any atom is 0.252 e. The van der Waals surface area contributed by atoms with Crippen molar-refractivity contribution in [3.63, 3.8) is 0 Å². The fourth-order valence-corrected chi connectivity index (χ4v) is 3.44. The summed E-state index contributed by atoms with van der Waals surface area (Å²) in [6.07, 6.45) is 1.01. The Hall–Kier alpha value is -1.00. The molecule has 2 rings (SSSR count). The van der Waals surface area contributed by atoms with Gasteiger partial charge in [-0.15, -0.1) is 11.8 Å². The van der Waals surface area contributed by atoms with Crippen LogP contribution in [0.2, 0.25) is 0 Å². The average molecular weight is 292 g/mol. The van der Waals surface area contributed by atoms with E-state index in [1.807, 2.05) is 24.3 Å². The molecule has 1 fully saturated rings. The van der Waals surface area contributed by atoms with Gasteiger partial charge in [0.2, 0.25) is 0 Å². The second-order valence-corrected chi connectivity index (χ2v) is 7.33. The van der Waals surface area contributed by atoms with Crippen molar-refractivity contribution in [1.82, 2.24) is 10.6 Å². The third kappa shape index (κ3) is 4.00. The molecule has 1 aromatic rings. The highest BCUT2D eigenvalue weighted by Gasteiger charge is 2.24. The van der Waals surface area contributed by atoms with Gasteiger partial charge in [-0.05, 0) is 37.6 Å². The standard InChI is InChI=1S/C16H24N2OS/c1-11(2)20-15-7-5-4-6-13(15)16(19)18-14-8-9-17-10-12(14)3/h4-7,11-12,14,17H,8-10H2,1-3H3,(H,18,19). The van der Waals surface area contributed by atoms with Crippen LogP contribution in [0.1, 0.15) is 37.6 Å². The molecular weight excluding hydrogens is 268 g/mol. The van der Waals surface area contributed by atoms with Gasteiger partial charge in [0.25, 0.3) is 5.91 Å². The van der Waals surface area contributed by atoms with E-state index in [-0.39, 0.29) is 11.9 Å². The van der Waals surface area contributed by atoms with E-state index in [2.05, 4.69) is 31.4 Å². The summed E-state index contributed by atoms with van der Waals surface area (Å²) in [6.45, 7) is 8.44. The minimum absolute atomic E-state index is 0.0625. The highest BCUT2D eigenvalue weighted by Crippen LogP contribution is 2.26. The van der Waals surface area contributed by atoms with Gasteiger partial charge in [-0.1, -0.05) is 32.9 Å². The zero-order valence-corrected chi connectivity index (χ0v) is 13.3. The molecule has 2 atom stereocenters. The first-order valence-corrected chi connectivity index (χ1v) is 8.23. The predicted molar refractivity (Wildman–Crippen MR) is 85.3 cm³/mol. The lowest BCUT2D eigenvalue weighted by molar-refractivity contribution is 0.0911. The molecule has 2 unspecified atom stereocenters. The van der Waals surface area contributed by atoms with E-state index in [0.29, 0.717) is 11.2 Å². The Kier molecular flexibility index (Phi) is 5.49. The summed E-state index contributed by atoms with van der Waals surface area (Å²) in [4.78, 5) is 13.6. The van der Waals surface area contributed by atoms with Crippen LogP contribution in [0.3, 0.4) is 0 Å². The first-order chi connectivity index (χ1) is 9.58. The lowest BCUT2D eigenvalue weighted by atomic mass is 9.95. The van der Waals surface area contributed by atoms with Crippen LogP contribution in [0.25, 0.3) is 0 Å². The summed E-state index contributed by atoms with van der Waals surface area (Å²) in [6, 6.07) is 8.16. The second-order valence-electron chi connectivity index (χ2n) is 5.71. The molecule has 4 heteroatoms. The van der Waals surface area contributed by atoms with E-state index < -0.39 is 0 Å². The number of hydrogen-bond acceptors (Lipinski definition) is 3. The van der Waals surface area contributed by atoms with E-state index in [0.717, 1.165) is 30.0 Å². The Morgan fingerprint density at radius 2 is 2.15 bits per heavy atom. The Morgan fingerprint density at radius 3 is 2.85 bits per heavy atom. The average Bonchev–Trinajstić information content (AvgIpc) is 2.41. The number of hydrogen-bond donors (Lipinski definition) is 2. The Balaban J connectivity index is 2.08. The molecule has 0 radical (unpaired) electrons. The maximum atomic E-state index is 12.5. The first kappa shape index (κ1) is 15.4. The van der Waals surface area contributed by atoms with Crippen LogP contribution in [-0.4, -0.2) is 30.3 Å². The van der Waals surface area contributed by atoms with Crippen LogP contribution in [0.5, 0.6) is 0 Å². The van der Waals surface area contributed by atoms with E-state index in [4.69, 9.17) is 0 Å². The maximum absolute atomic E-state index is 12.5. The predicted octanol–water partition coefficient (Wildman–Crippen LogP) is 2.91. The molecule has 20 heavy (non-hydrogen) atoms. The Bertz CT molecular complexity index is 462. The van der Waals surface area contributed by atoms with E-state index in [1.165, 1.54) is 0 Å². The topological polar surface area (TPSA) is 41.1 Å². The van der Waals surface area contributed by atoms with Crippen molar-refractivity contribution in [2.45, 2.75) is 43.4 Å². The summed E-state index contributed by atoms with van der Waals surface area (Å²) in [5, 5.41) is 7.04. The van der Waals surface area contributed by atoms with Gasteiger partial charge in [-0.3, -0.25) is 4.79 Å². The first-order valence-electron chi connectivity index (χ1n) is 7.35. The molecule has 3 nitrogen and oxygen atoms in total. The van der Waals surface area contributed by atoms with E-state index in [1.54, 1.807) is 11.8 Å². The lowest BCUT2D eigenvalue weighted by Crippen LogP contribution is -2.48. The van der Waals surface area contributed by atoms with Gasteiger partial charge in [0, 0.05) is 16.2 Å². The molecule has 1 aromatic carbocycles. The minimum atomic E-state index is 0.0625. The third-order valence-electron chi connectivity index (χ3n) is 3.60. The van der Waals surface area contributed by atoms with Crippen molar-refractivity contribution < 1.29 is 4.79 Å². The molecule has 2 N–H and O–H groups in total. The lowest BCUT2D eigenvalue weighted by Gasteiger charge is -2.30. The number of amides is 1. The minimum Gasteiger partial charge on any atom is -0.349 e. The SMILES string of the molecule is CC(C)Sc1ccccc1C(=O)NC1CCNCC1C. The van der Waals surface area contributed by atoms with Gasteiger partial charge < -0.3 is 10.6 Å². The van der Waals surface area contributed by atoms with Gasteiger partial charge in [0.05, 0.1) is 5.56 Å². The molecule has 1 saturated heterocycles. The molecule has 0 aromatic heterocycles. The van der Waals surface area contributed by atoms with E-state index >= 15 is 0 Å². The van der Waals surface area contributed by atoms with Gasteiger partial charge in [0.1, 0.15) is 0 Å². The molecule has 1 heterocycles. The van der Waals surface area contributed by atoms with Crippen molar-refractivity contribution in [3.05, 3.63) is 29.8 Å². The fraction of sp³-hybridized carbons (Fsp3) is 0.562. The summed E-state index contributed by atoms with van der Waals surface area (Å²) in [7, 11) is 0. The van der Waals surface area contributed by atoms with Crippen molar-refractivity contribution in [2.75, 3.05) is 13.1 Å². The van der Waals surface area contributed by atoms with Crippen LogP contribution < -0.4 is 10.6 Å². The number of thioether (sulfide) groups is 1. The van der Waals surface area contributed by atoms with Gasteiger partial charge in [-0.25, -0.2) is 0 Å². The normalized spacial score (nSPS) is 22.8. The van der Waals surface area contributed by atoms with Gasteiger partial charge >= 0.3 is 0 Å². The van der Waals surface area contributed by atoms with Gasteiger partial charge in [-0.2, -0.15) is 0 Å². The van der Waals surface area contributed by atoms with Crippen molar-refractivity contribution in [2.24, 2.45) is 5.92 Å². The molecule has 0 aliphatic carbocycles. The Labute approximate surface area is 125 Å². The highest BCUT2D eigenvalue weighted by atomic mass is 32.2. The summed E-state index contributed by atoms with van der Waals surface area (Å²) in [5.74, 6) is 0.546. The third-order valence-corrected chi connectivity index (χ3v) is 4.68. The van der Waals surface area contributed by atoms with Crippen LogP contribution >= 0.6 is 11.8 Å². The van der Waals surface area contributed by atoms with Crippen LogP contribution in [0, 0.1) is 5.92 Å². The zero-order valence-electron chi connectivity index (χ0n) is 12.5. The fourth-order valence-electron chi connectivity index (χ4n) is 2.49. The molecule has 0 saturated carbocycles. The molecule has 1 aliphatic heterocycles. The van der Waals surface area contributed by atoms with Crippen molar-refractivity contribution >= 4 is 17.7 Å². The number of nitrogens with one attached hydrogen (secondary N) is 2. The van der Waals surface area contributed by atoms with Gasteiger partial charge in [0.15, 0.2) is 0 Å². The molecule has 1 aliphatic rings. The number of piperidine rings is 1. The number of rotatable bonds is 4. The number of benzene rings is 1. The summed E-state index contributed by atoms with van der Waals surface area (Å²) in [5.41, 5.74) is 0.803. The summed E-state index contributed by atoms with van der Waals surface area (Å²) >= 11 is 1.74. The summed E-state index contributed by atoms with van der Waals surface area (Å²) < 4.78 is 0. The second kappa shape index (κ2) is 7.14. The largest absolute Gasteiger partial charge is 0.349 e. The molecule has 0 spiro atoms. The molecule has 1 amide bonds. The Morgan fingerprint density at radius 1 is 1.40 bits per heavy atom. The highest BCUT2D eigenvalue weighted by molar-refractivity contribution is 8.00. The number of carbonyl (C=O) groups is 1. The van der Waals surface area contributed by atoms with Crippen LogP contribution in [0.15, 0.2) is 29.2 Å². The molecule has 0 bridgehead atoms. The van der Waals surface area contributed by atoms with Crippen LogP contribution in [-0.2, 0) is 0 Å². The van der Waals surface area contributed by atoms with Crippen molar-refractivity contribution in [3.8, 4) is 0 Å². The monoisotopic (exact) mass is 292 g/mol. The van der Waals surface area contributed by atoms with Crippen molar-refractivity contribution in [1.29, 1.82) is 0 Å². The number of carbonyl (C=O) groups excluding carboxylic acids is 1. The quantitative estimate of drug-likeness (QED) is 0.838. The smallest absolute Gasteiger partial charge is 0.252 e. The molecule has 110 valence electrons. The zero-order chi connectivity index (χ0) is 14.5.